The van der Waals surface area contributed by atoms with Crippen molar-refractivity contribution < 1.29 is 4.74 Å². The fourth-order valence-electron chi connectivity index (χ4n) is 3.50. The van der Waals surface area contributed by atoms with Crippen LogP contribution in [0.15, 0.2) is 60.7 Å². The quantitative estimate of drug-likeness (QED) is 0.731. The van der Waals surface area contributed by atoms with Crippen LogP contribution in [0.5, 0.6) is 5.75 Å². The van der Waals surface area contributed by atoms with Gasteiger partial charge in [0.05, 0.1) is 12.8 Å². The van der Waals surface area contributed by atoms with Crippen LogP contribution in [0.1, 0.15) is 5.82 Å². The summed E-state index contributed by atoms with van der Waals surface area (Å²) in [4.78, 5) is 13.9. The second kappa shape index (κ2) is 8.17. The number of aryl methyl sites for hydroxylation is 1. The summed E-state index contributed by atoms with van der Waals surface area (Å²) in [5, 5.41) is 3.37. The molecule has 4 rings (SSSR count). The van der Waals surface area contributed by atoms with E-state index >= 15 is 0 Å². The molecule has 28 heavy (non-hydrogen) atoms. The van der Waals surface area contributed by atoms with Crippen LogP contribution in [0.25, 0.3) is 0 Å². The van der Waals surface area contributed by atoms with Crippen LogP contribution >= 0.6 is 0 Å². The lowest BCUT2D eigenvalue weighted by molar-refractivity contribution is 0.417. The van der Waals surface area contributed by atoms with Crippen molar-refractivity contribution >= 4 is 23.0 Å². The smallest absolute Gasteiger partial charge is 0.142 e. The number of rotatable bonds is 5. The molecule has 0 radical (unpaired) electrons. The van der Waals surface area contributed by atoms with Crippen molar-refractivity contribution in [3.8, 4) is 5.75 Å². The number of ether oxygens (including phenoxy) is 1. The van der Waals surface area contributed by atoms with Crippen molar-refractivity contribution in [1.29, 1.82) is 0 Å². The number of nitrogens with one attached hydrogen (secondary N) is 1. The van der Waals surface area contributed by atoms with Crippen LogP contribution in [0.2, 0.25) is 0 Å². The minimum atomic E-state index is 0.750. The predicted octanol–water partition coefficient (Wildman–Crippen LogP) is 3.86. The normalized spacial score (nSPS) is 14.1. The average molecular weight is 375 g/mol. The lowest BCUT2D eigenvalue weighted by Crippen LogP contribution is -2.46. The molecule has 1 saturated heterocycles. The monoisotopic (exact) mass is 375 g/mol. The highest BCUT2D eigenvalue weighted by molar-refractivity contribution is 5.66. The number of benzene rings is 2. The molecule has 6 heteroatoms. The van der Waals surface area contributed by atoms with E-state index in [0.29, 0.717) is 0 Å². The van der Waals surface area contributed by atoms with Crippen molar-refractivity contribution in [2.75, 3.05) is 48.4 Å². The topological polar surface area (TPSA) is 53.5 Å². The second-order valence-electron chi connectivity index (χ2n) is 6.79. The molecule has 144 valence electrons. The van der Waals surface area contributed by atoms with Crippen LogP contribution in [-0.4, -0.2) is 43.3 Å². The summed E-state index contributed by atoms with van der Waals surface area (Å²) >= 11 is 0. The first-order chi connectivity index (χ1) is 13.7. The number of nitrogens with zero attached hydrogens (tertiary/aromatic N) is 4. The van der Waals surface area contributed by atoms with E-state index in [2.05, 4.69) is 55.4 Å². The molecule has 0 bridgehead atoms. The summed E-state index contributed by atoms with van der Waals surface area (Å²) in [5.74, 6) is 3.27. The number of hydrogen-bond acceptors (Lipinski definition) is 6. The number of methoxy groups -OCH3 is 1. The van der Waals surface area contributed by atoms with Gasteiger partial charge in [0.2, 0.25) is 0 Å². The van der Waals surface area contributed by atoms with E-state index in [1.54, 1.807) is 7.11 Å². The third-order valence-corrected chi connectivity index (χ3v) is 4.92. The van der Waals surface area contributed by atoms with E-state index < -0.39 is 0 Å². The molecule has 1 aliphatic rings. The van der Waals surface area contributed by atoms with E-state index in [-0.39, 0.29) is 0 Å². The molecule has 1 aromatic heterocycles. The van der Waals surface area contributed by atoms with Gasteiger partial charge in [-0.3, -0.25) is 0 Å². The lowest BCUT2D eigenvalue weighted by atomic mass is 10.2. The molecule has 3 aromatic rings. The van der Waals surface area contributed by atoms with E-state index in [9.17, 15) is 0 Å². The van der Waals surface area contributed by atoms with E-state index in [1.807, 2.05) is 37.3 Å². The Bertz CT molecular complexity index is 923. The molecule has 1 fully saturated rings. The summed E-state index contributed by atoms with van der Waals surface area (Å²) in [6.07, 6.45) is 0. The third kappa shape index (κ3) is 4.01. The molecule has 0 atom stereocenters. The molecular weight excluding hydrogens is 350 g/mol. The van der Waals surface area contributed by atoms with Gasteiger partial charge in [0, 0.05) is 37.9 Å². The second-order valence-corrected chi connectivity index (χ2v) is 6.79. The Kier molecular flexibility index (Phi) is 5.28. The Morgan fingerprint density at radius 1 is 0.857 bits per heavy atom. The molecule has 2 aromatic carbocycles. The molecule has 0 aliphatic carbocycles. The van der Waals surface area contributed by atoms with Gasteiger partial charge in [-0.25, -0.2) is 9.97 Å². The van der Waals surface area contributed by atoms with E-state index in [0.717, 1.165) is 55.1 Å². The van der Waals surface area contributed by atoms with Crippen LogP contribution < -0.4 is 19.9 Å². The molecule has 6 nitrogen and oxygen atoms in total. The van der Waals surface area contributed by atoms with Crippen LogP contribution in [-0.2, 0) is 0 Å². The number of aromatic nitrogens is 2. The van der Waals surface area contributed by atoms with Crippen molar-refractivity contribution in [1.82, 2.24) is 9.97 Å². The Morgan fingerprint density at radius 2 is 1.54 bits per heavy atom. The number of para-hydroxylation sites is 3. The molecular formula is C22H25N5O. The first-order valence-corrected chi connectivity index (χ1v) is 9.53. The van der Waals surface area contributed by atoms with Crippen LogP contribution in [0.3, 0.4) is 0 Å². The fraction of sp³-hybridized carbons (Fsp3) is 0.273. The number of anilines is 4. The van der Waals surface area contributed by atoms with E-state index in [4.69, 9.17) is 4.74 Å². The van der Waals surface area contributed by atoms with Crippen LogP contribution in [0, 0.1) is 6.92 Å². The maximum atomic E-state index is 5.43. The highest BCUT2D eigenvalue weighted by Crippen LogP contribution is 2.28. The minimum absolute atomic E-state index is 0.750. The van der Waals surface area contributed by atoms with Crippen molar-refractivity contribution in [2.45, 2.75) is 6.92 Å². The first kappa shape index (κ1) is 18.1. The summed E-state index contributed by atoms with van der Waals surface area (Å²) in [7, 11) is 1.67. The molecule has 0 unspecified atom stereocenters. The van der Waals surface area contributed by atoms with Crippen LogP contribution in [0.4, 0.5) is 23.0 Å². The van der Waals surface area contributed by atoms with Crippen molar-refractivity contribution in [2.24, 2.45) is 0 Å². The maximum Gasteiger partial charge on any atom is 0.142 e. The Labute approximate surface area is 165 Å². The Hall–Kier alpha value is -3.28. The molecule has 0 amide bonds. The summed E-state index contributed by atoms with van der Waals surface area (Å²) < 4.78 is 5.43. The zero-order valence-corrected chi connectivity index (χ0v) is 16.3. The molecule has 0 saturated carbocycles. The number of piperazine rings is 1. The standard InChI is InChI=1S/C22H25N5O/c1-17-23-21(25-19-10-6-7-11-20(19)28-2)16-22(24-17)27-14-12-26(13-15-27)18-8-4-3-5-9-18/h3-11,16H,12-15H2,1-2H3,(H,23,24,25). The van der Waals surface area contributed by atoms with Gasteiger partial charge in [0.25, 0.3) is 0 Å². The van der Waals surface area contributed by atoms with Gasteiger partial charge in [0.1, 0.15) is 23.2 Å². The molecule has 1 aliphatic heterocycles. The fourth-order valence-corrected chi connectivity index (χ4v) is 3.50. The number of hydrogen-bond donors (Lipinski definition) is 1. The predicted molar refractivity (Wildman–Crippen MR) is 114 cm³/mol. The third-order valence-electron chi connectivity index (χ3n) is 4.92. The van der Waals surface area contributed by atoms with Gasteiger partial charge in [-0.2, -0.15) is 0 Å². The Balaban J connectivity index is 1.49. The zero-order chi connectivity index (χ0) is 19.3. The average Bonchev–Trinajstić information content (AvgIpc) is 2.74. The largest absolute Gasteiger partial charge is 0.495 e. The highest BCUT2D eigenvalue weighted by Gasteiger charge is 2.19. The lowest BCUT2D eigenvalue weighted by Gasteiger charge is -2.36. The van der Waals surface area contributed by atoms with E-state index in [1.165, 1.54) is 5.69 Å². The van der Waals surface area contributed by atoms with Gasteiger partial charge in [-0.05, 0) is 31.2 Å². The van der Waals surface area contributed by atoms with Gasteiger partial charge >= 0.3 is 0 Å². The van der Waals surface area contributed by atoms with Gasteiger partial charge in [-0.1, -0.05) is 30.3 Å². The highest BCUT2D eigenvalue weighted by atomic mass is 16.5. The summed E-state index contributed by atoms with van der Waals surface area (Å²) in [5.41, 5.74) is 2.17. The molecule has 2 heterocycles. The zero-order valence-electron chi connectivity index (χ0n) is 16.3. The van der Waals surface area contributed by atoms with Gasteiger partial charge < -0.3 is 19.9 Å². The molecule has 1 N–H and O–H groups in total. The SMILES string of the molecule is COc1ccccc1Nc1cc(N2CCN(c3ccccc3)CC2)nc(C)n1. The summed E-state index contributed by atoms with van der Waals surface area (Å²) in [6.45, 7) is 5.74. The van der Waals surface area contributed by atoms with Gasteiger partial charge in [-0.15, -0.1) is 0 Å². The first-order valence-electron chi connectivity index (χ1n) is 9.53. The van der Waals surface area contributed by atoms with Crippen molar-refractivity contribution in [3.63, 3.8) is 0 Å². The molecule has 0 spiro atoms. The summed E-state index contributed by atoms with van der Waals surface area (Å²) in [6, 6.07) is 20.4. The van der Waals surface area contributed by atoms with Gasteiger partial charge in [0.15, 0.2) is 0 Å². The van der Waals surface area contributed by atoms with Crippen molar-refractivity contribution in [3.05, 3.63) is 66.5 Å². The Morgan fingerprint density at radius 3 is 2.29 bits per heavy atom. The maximum absolute atomic E-state index is 5.43. The minimum Gasteiger partial charge on any atom is -0.495 e.